The Labute approximate surface area is 170 Å². The first-order valence-corrected chi connectivity index (χ1v) is 10.7. The van der Waals surface area contributed by atoms with Gasteiger partial charge in [-0.25, -0.2) is 9.59 Å². The van der Waals surface area contributed by atoms with Crippen LogP contribution in [0.25, 0.3) is 0 Å². The highest BCUT2D eigenvalue weighted by Crippen LogP contribution is 2.66. The molecule has 3 aliphatic carbocycles. The van der Waals surface area contributed by atoms with Crippen LogP contribution in [-0.2, 0) is 19.1 Å². The Kier molecular flexibility index (Phi) is 7.17. The second kappa shape index (κ2) is 8.84. The third-order valence-corrected chi connectivity index (χ3v) is 7.49. The molecule has 0 aromatic rings. The number of ether oxygens (including phenoxy) is 2. The Morgan fingerprint density at radius 3 is 1.82 bits per heavy atom. The molecule has 4 nitrogen and oxygen atoms in total. The monoisotopic (exact) mass is 390 g/mol. The quantitative estimate of drug-likeness (QED) is 0.452. The fourth-order valence-corrected chi connectivity index (χ4v) is 4.97. The summed E-state index contributed by atoms with van der Waals surface area (Å²) in [5.41, 5.74) is 1.46. The van der Waals surface area contributed by atoms with Gasteiger partial charge in [-0.2, -0.15) is 0 Å². The van der Waals surface area contributed by atoms with Crippen molar-refractivity contribution >= 4 is 11.9 Å². The second-order valence-electron chi connectivity index (χ2n) is 9.73. The Bertz CT molecular complexity index is 627. The largest absolute Gasteiger partial charge is 0.459 e. The number of fused-ring (bicyclic) bond motifs is 2. The van der Waals surface area contributed by atoms with E-state index in [0.29, 0.717) is 22.5 Å². The van der Waals surface area contributed by atoms with Crippen molar-refractivity contribution in [2.45, 2.75) is 98.2 Å². The van der Waals surface area contributed by atoms with Gasteiger partial charge in [0.25, 0.3) is 0 Å². The standard InChI is InChI=1S/C14H22O2.C10H16O2/c1-9(2)12(15)16-11-8-10-6-7-14(11,5)13(10,3)4;1-8(2)10(11)12-9-6-4-3-5-7-9/h10-11H,1,6-8H2,2-5H3;9H,1,3-7H2,2H3/t10-,11?,14-;/m1./s1. The summed E-state index contributed by atoms with van der Waals surface area (Å²) in [5, 5.41) is 0. The predicted octanol–water partition coefficient (Wildman–Crippen LogP) is 5.76. The Morgan fingerprint density at radius 2 is 1.39 bits per heavy atom. The summed E-state index contributed by atoms with van der Waals surface area (Å²) in [5.74, 6) is 0.247. The van der Waals surface area contributed by atoms with Gasteiger partial charge in [-0.05, 0) is 70.1 Å². The minimum absolute atomic E-state index is 0.0884. The number of hydrogen-bond acceptors (Lipinski definition) is 4. The van der Waals surface area contributed by atoms with Crippen molar-refractivity contribution in [2.24, 2.45) is 16.7 Å². The maximum atomic E-state index is 11.6. The molecule has 3 saturated carbocycles. The molecule has 0 N–H and O–H groups in total. The molecule has 4 heteroatoms. The van der Waals surface area contributed by atoms with Crippen LogP contribution >= 0.6 is 0 Å². The zero-order valence-electron chi connectivity index (χ0n) is 18.4. The van der Waals surface area contributed by atoms with Crippen LogP contribution in [0.5, 0.6) is 0 Å². The van der Waals surface area contributed by atoms with Crippen LogP contribution in [0.15, 0.2) is 24.3 Å². The molecule has 0 amide bonds. The van der Waals surface area contributed by atoms with E-state index < -0.39 is 0 Å². The topological polar surface area (TPSA) is 52.6 Å². The van der Waals surface area contributed by atoms with Crippen molar-refractivity contribution in [1.29, 1.82) is 0 Å². The highest BCUT2D eigenvalue weighted by atomic mass is 16.5. The van der Waals surface area contributed by atoms with Crippen LogP contribution in [0.2, 0.25) is 0 Å². The lowest BCUT2D eigenvalue weighted by atomic mass is 9.70. The van der Waals surface area contributed by atoms with Gasteiger partial charge in [-0.1, -0.05) is 40.3 Å². The summed E-state index contributed by atoms with van der Waals surface area (Å²) in [6.07, 6.45) is 9.45. The second-order valence-corrected chi connectivity index (χ2v) is 9.73. The number of hydrogen-bond donors (Lipinski definition) is 0. The van der Waals surface area contributed by atoms with Crippen molar-refractivity contribution in [1.82, 2.24) is 0 Å². The smallest absolute Gasteiger partial charge is 0.333 e. The van der Waals surface area contributed by atoms with Gasteiger partial charge < -0.3 is 9.47 Å². The van der Waals surface area contributed by atoms with Gasteiger partial charge in [-0.3, -0.25) is 0 Å². The van der Waals surface area contributed by atoms with Crippen LogP contribution in [0, 0.1) is 16.7 Å². The minimum atomic E-state index is -0.234. The van der Waals surface area contributed by atoms with Crippen LogP contribution in [-0.4, -0.2) is 24.1 Å². The normalized spacial score (nSPS) is 30.8. The molecule has 0 heterocycles. The summed E-state index contributed by atoms with van der Waals surface area (Å²) < 4.78 is 10.8. The summed E-state index contributed by atoms with van der Waals surface area (Å²) in [6.45, 7) is 17.5. The van der Waals surface area contributed by atoms with E-state index in [1.165, 1.54) is 32.1 Å². The maximum absolute atomic E-state index is 11.6. The van der Waals surface area contributed by atoms with E-state index in [0.717, 1.165) is 19.3 Å². The first-order valence-electron chi connectivity index (χ1n) is 10.7. The Morgan fingerprint density at radius 1 is 0.857 bits per heavy atom. The van der Waals surface area contributed by atoms with E-state index in [1.807, 2.05) is 0 Å². The Balaban J connectivity index is 0.000000209. The molecule has 2 bridgehead atoms. The van der Waals surface area contributed by atoms with Crippen LogP contribution < -0.4 is 0 Å². The van der Waals surface area contributed by atoms with Gasteiger partial charge in [0.15, 0.2) is 0 Å². The van der Waals surface area contributed by atoms with Crippen LogP contribution in [0.1, 0.15) is 86.0 Å². The molecule has 0 radical (unpaired) electrons. The third kappa shape index (κ3) is 4.69. The predicted molar refractivity (Wildman–Crippen MR) is 112 cm³/mol. The minimum Gasteiger partial charge on any atom is -0.459 e. The SMILES string of the molecule is C=C(C)C(=O)OC1CCCCC1.C=C(C)C(=O)OC1C[C@H]2CC[C@@]1(C)C2(C)C. The van der Waals surface area contributed by atoms with E-state index in [2.05, 4.69) is 33.9 Å². The molecule has 0 aromatic carbocycles. The van der Waals surface area contributed by atoms with E-state index in [9.17, 15) is 9.59 Å². The molecule has 28 heavy (non-hydrogen) atoms. The van der Waals surface area contributed by atoms with Crippen molar-refractivity contribution in [2.75, 3.05) is 0 Å². The number of rotatable bonds is 4. The van der Waals surface area contributed by atoms with E-state index >= 15 is 0 Å². The number of carbonyl (C=O) groups is 2. The van der Waals surface area contributed by atoms with Crippen molar-refractivity contribution in [3.63, 3.8) is 0 Å². The van der Waals surface area contributed by atoms with E-state index in [4.69, 9.17) is 9.47 Å². The Hall–Kier alpha value is -1.58. The van der Waals surface area contributed by atoms with Gasteiger partial charge in [0.1, 0.15) is 12.2 Å². The molecule has 158 valence electrons. The zero-order chi connectivity index (χ0) is 21.1. The average Bonchev–Trinajstić information content (AvgIpc) is 2.96. The third-order valence-electron chi connectivity index (χ3n) is 7.49. The summed E-state index contributed by atoms with van der Waals surface area (Å²) in [4.78, 5) is 22.7. The fourth-order valence-electron chi connectivity index (χ4n) is 4.97. The van der Waals surface area contributed by atoms with Crippen LogP contribution in [0.4, 0.5) is 0 Å². The molecular weight excluding hydrogens is 352 g/mol. The summed E-state index contributed by atoms with van der Waals surface area (Å²) >= 11 is 0. The van der Waals surface area contributed by atoms with Gasteiger partial charge in [0.2, 0.25) is 0 Å². The lowest BCUT2D eigenvalue weighted by Crippen LogP contribution is -2.38. The maximum Gasteiger partial charge on any atom is 0.333 e. The summed E-state index contributed by atoms with van der Waals surface area (Å²) in [6, 6.07) is 0. The number of carbonyl (C=O) groups excluding carboxylic acids is 2. The molecule has 0 aromatic heterocycles. The first kappa shape index (κ1) is 22.7. The van der Waals surface area contributed by atoms with Gasteiger partial charge >= 0.3 is 11.9 Å². The number of esters is 2. The fraction of sp³-hybridized carbons (Fsp3) is 0.750. The van der Waals surface area contributed by atoms with Gasteiger partial charge in [0.05, 0.1) is 0 Å². The van der Waals surface area contributed by atoms with E-state index in [-0.39, 0.29) is 29.6 Å². The highest BCUT2D eigenvalue weighted by molar-refractivity contribution is 5.87. The molecule has 0 saturated heterocycles. The van der Waals surface area contributed by atoms with E-state index in [1.54, 1.807) is 13.8 Å². The van der Waals surface area contributed by atoms with Gasteiger partial charge in [-0.15, -0.1) is 0 Å². The molecule has 3 aliphatic rings. The van der Waals surface area contributed by atoms with Crippen molar-refractivity contribution in [3.8, 4) is 0 Å². The molecular formula is C24H38O4. The molecule has 3 atom stereocenters. The molecule has 0 aliphatic heterocycles. The van der Waals surface area contributed by atoms with Crippen LogP contribution in [0.3, 0.4) is 0 Å². The summed E-state index contributed by atoms with van der Waals surface area (Å²) in [7, 11) is 0. The molecule has 0 spiro atoms. The molecule has 3 fully saturated rings. The highest BCUT2D eigenvalue weighted by Gasteiger charge is 2.62. The van der Waals surface area contributed by atoms with Crippen molar-refractivity contribution in [3.05, 3.63) is 24.3 Å². The lowest BCUT2D eigenvalue weighted by Gasteiger charge is -2.38. The lowest BCUT2D eigenvalue weighted by molar-refractivity contribution is -0.152. The van der Waals surface area contributed by atoms with Crippen molar-refractivity contribution < 1.29 is 19.1 Å². The first-order chi connectivity index (χ1) is 13.0. The zero-order valence-corrected chi connectivity index (χ0v) is 18.4. The van der Waals surface area contributed by atoms with Gasteiger partial charge in [0, 0.05) is 16.6 Å². The average molecular weight is 391 g/mol. The molecule has 1 unspecified atom stereocenters. The molecule has 3 rings (SSSR count).